The maximum absolute atomic E-state index is 11.8. The molecule has 0 saturated carbocycles. The maximum atomic E-state index is 11.8. The first-order valence-electron chi connectivity index (χ1n) is 5.44. The van der Waals surface area contributed by atoms with Crippen molar-refractivity contribution >= 4 is 15.6 Å². The van der Waals surface area contributed by atoms with Gasteiger partial charge in [-0.3, -0.25) is 4.79 Å². The quantitative estimate of drug-likeness (QED) is 0.730. The molecule has 0 saturated heterocycles. The van der Waals surface area contributed by atoms with Crippen molar-refractivity contribution in [2.45, 2.75) is 38.5 Å². The lowest BCUT2D eigenvalue weighted by atomic mass is 10.2. The van der Waals surface area contributed by atoms with E-state index < -0.39 is 15.1 Å². The molecule has 0 spiro atoms. The van der Waals surface area contributed by atoms with Gasteiger partial charge in [0.1, 0.15) is 17.4 Å². The first-order chi connectivity index (χ1) is 7.86. The summed E-state index contributed by atoms with van der Waals surface area (Å²) in [7, 11) is -3.34. The largest absolute Gasteiger partial charge is 0.298 e. The van der Waals surface area contributed by atoms with Crippen LogP contribution in [0.1, 0.15) is 26.1 Å². The predicted octanol–water partition coefficient (Wildman–Crippen LogP) is 0.233. The molecule has 0 amide bonds. The van der Waals surface area contributed by atoms with Crippen LogP contribution >= 0.6 is 0 Å². The predicted molar refractivity (Wildman–Crippen MR) is 63.3 cm³/mol. The Labute approximate surface area is 101 Å². The monoisotopic (exact) mass is 259 g/mol. The van der Waals surface area contributed by atoms with Crippen LogP contribution in [0.5, 0.6) is 0 Å². The Morgan fingerprint density at radius 1 is 1.53 bits per heavy atom. The van der Waals surface area contributed by atoms with Gasteiger partial charge in [0.2, 0.25) is 0 Å². The number of carbonyl (C=O) groups excluding carboxylic acids is 1. The SMILES string of the molecule is CCCn1ncnc1CC(=O)C(C)S(C)(=O)=O. The minimum Gasteiger partial charge on any atom is -0.298 e. The van der Waals surface area contributed by atoms with Crippen molar-refractivity contribution in [3.63, 3.8) is 0 Å². The molecule has 1 rings (SSSR count). The number of ketones is 1. The lowest BCUT2D eigenvalue weighted by Crippen LogP contribution is -2.28. The highest BCUT2D eigenvalue weighted by Gasteiger charge is 2.24. The van der Waals surface area contributed by atoms with Gasteiger partial charge in [0.25, 0.3) is 0 Å². The maximum Gasteiger partial charge on any atom is 0.158 e. The molecule has 17 heavy (non-hydrogen) atoms. The number of carbonyl (C=O) groups is 1. The van der Waals surface area contributed by atoms with Crippen molar-refractivity contribution in [2.24, 2.45) is 0 Å². The van der Waals surface area contributed by atoms with Crippen molar-refractivity contribution < 1.29 is 13.2 Å². The molecule has 1 aromatic rings. The summed E-state index contributed by atoms with van der Waals surface area (Å²) in [4.78, 5) is 15.7. The van der Waals surface area contributed by atoms with Crippen molar-refractivity contribution in [3.8, 4) is 0 Å². The van der Waals surface area contributed by atoms with Crippen LogP contribution in [-0.4, -0.2) is 40.5 Å². The van der Waals surface area contributed by atoms with E-state index in [2.05, 4.69) is 10.1 Å². The summed E-state index contributed by atoms with van der Waals surface area (Å²) < 4.78 is 24.1. The molecule has 7 heteroatoms. The van der Waals surface area contributed by atoms with Crippen LogP contribution in [0.2, 0.25) is 0 Å². The van der Waals surface area contributed by atoms with Crippen LogP contribution in [0.25, 0.3) is 0 Å². The van der Waals surface area contributed by atoms with Gasteiger partial charge in [-0.1, -0.05) is 6.92 Å². The summed E-state index contributed by atoms with van der Waals surface area (Å²) in [6, 6.07) is 0. The summed E-state index contributed by atoms with van der Waals surface area (Å²) in [5.41, 5.74) is 0. The van der Waals surface area contributed by atoms with E-state index in [0.29, 0.717) is 12.4 Å². The fraction of sp³-hybridized carbons (Fsp3) is 0.700. The third-order valence-electron chi connectivity index (χ3n) is 2.56. The molecule has 0 aliphatic carbocycles. The van der Waals surface area contributed by atoms with E-state index in [0.717, 1.165) is 12.7 Å². The average Bonchev–Trinajstić information content (AvgIpc) is 2.64. The Kier molecular flexibility index (Phi) is 4.39. The molecule has 1 unspecified atom stereocenters. The van der Waals surface area contributed by atoms with Crippen LogP contribution in [0.15, 0.2) is 6.33 Å². The molecule has 1 aromatic heterocycles. The molecule has 6 nitrogen and oxygen atoms in total. The highest BCUT2D eigenvalue weighted by molar-refractivity contribution is 7.92. The minimum absolute atomic E-state index is 0.00817. The third kappa shape index (κ3) is 3.62. The number of nitrogens with zero attached hydrogens (tertiary/aromatic N) is 3. The molecular weight excluding hydrogens is 242 g/mol. The fourth-order valence-corrected chi connectivity index (χ4v) is 1.92. The molecule has 0 bridgehead atoms. The van der Waals surface area contributed by atoms with Gasteiger partial charge in [0.15, 0.2) is 15.6 Å². The summed E-state index contributed by atoms with van der Waals surface area (Å²) in [5, 5.41) is 2.99. The molecule has 0 aromatic carbocycles. The molecule has 0 aliphatic heterocycles. The van der Waals surface area contributed by atoms with Gasteiger partial charge < -0.3 is 0 Å². The molecule has 0 N–H and O–H groups in total. The van der Waals surface area contributed by atoms with Crippen LogP contribution in [0, 0.1) is 0 Å². The Bertz CT molecular complexity index is 493. The lowest BCUT2D eigenvalue weighted by Gasteiger charge is -2.08. The van der Waals surface area contributed by atoms with E-state index in [1.54, 1.807) is 4.68 Å². The zero-order valence-corrected chi connectivity index (χ0v) is 11.1. The van der Waals surface area contributed by atoms with Gasteiger partial charge in [0.05, 0.1) is 6.42 Å². The molecular formula is C10H17N3O3S. The molecule has 0 fully saturated rings. The number of aryl methyl sites for hydroxylation is 1. The van der Waals surface area contributed by atoms with Crippen LogP contribution in [0.3, 0.4) is 0 Å². The van der Waals surface area contributed by atoms with E-state index in [1.165, 1.54) is 13.3 Å². The zero-order valence-electron chi connectivity index (χ0n) is 10.3. The molecule has 96 valence electrons. The lowest BCUT2D eigenvalue weighted by molar-refractivity contribution is -0.117. The number of Topliss-reactive ketones (excluding diaryl/α,β-unsaturated/α-hetero) is 1. The smallest absolute Gasteiger partial charge is 0.158 e. The minimum atomic E-state index is -3.34. The number of sulfone groups is 1. The number of rotatable bonds is 6. The van der Waals surface area contributed by atoms with Gasteiger partial charge in [-0.05, 0) is 13.3 Å². The highest BCUT2D eigenvalue weighted by Crippen LogP contribution is 2.05. The number of hydrogen-bond acceptors (Lipinski definition) is 5. The van der Waals surface area contributed by atoms with Gasteiger partial charge >= 0.3 is 0 Å². The second-order valence-corrected chi connectivity index (χ2v) is 6.38. The Morgan fingerprint density at radius 2 is 2.18 bits per heavy atom. The highest BCUT2D eigenvalue weighted by atomic mass is 32.2. The zero-order chi connectivity index (χ0) is 13.1. The van der Waals surface area contributed by atoms with E-state index in [9.17, 15) is 13.2 Å². The summed E-state index contributed by atoms with van der Waals surface area (Å²) in [6.07, 6.45) is 3.33. The molecule has 0 aliphatic rings. The first kappa shape index (κ1) is 13.8. The van der Waals surface area contributed by atoms with E-state index in [-0.39, 0.29) is 12.2 Å². The summed E-state index contributed by atoms with van der Waals surface area (Å²) >= 11 is 0. The van der Waals surface area contributed by atoms with E-state index >= 15 is 0 Å². The first-order valence-corrected chi connectivity index (χ1v) is 7.40. The normalized spacial score (nSPS) is 13.6. The fourth-order valence-electron chi connectivity index (χ4n) is 1.36. The van der Waals surface area contributed by atoms with Gasteiger partial charge in [-0.25, -0.2) is 18.1 Å². The molecule has 1 atom stereocenters. The van der Waals surface area contributed by atoms with E-state index in [4.69, 9.17) is 0 Å². The Balaban J connectivity index is 2.78. The van der Waals surface area contributed by atoms with Crippen molar-refractivity contribution in [3.05, 3.63) is 12.2 Å². The van der Waals surface area contributed by atoms with Crippen molar-refractivity contribution in [1.29, 1.82) is 0 Å². The van der Waals surface area contributed by atoms with E-state index in [1.807, 2.05) is 6.92 Å². The molecule has 1 heterocycles. The molecule has 0 radical (unpaired) electrons. The standard InChI is InChI=1S/C10H17N3O3S/c1-4-5-13-10(11-7-12-13)6-9(14)8(2)17(3,15)16/h7-8H,4-6H2,1-3H3. The van der Waals surface area contributed by atoms with Gasteiger partial charge in [0, 0.05) is 12.8 Å². The van der Waals surface area contributed by atoms with Gasteiger partial charge in [-0.15, -0.1) is 0 Å². The van der Waals surface area contributed by atoms with Crippen LogP contribution in [0.4, 0.5) is 0 Å². The Morgan fingerprint density at radius 3 is 2.71 bits per heavy atom. The average molecular weight is 259 g/mol. The number of hydrogen-bond donors (Lipinski definition) is 0. The number of aromatic nitrogens is 3. The third-order valence-corrected chi connectivity index (χ3v) is 4.11. The van der Waals surface area contributed by atoms with Crippen molar-refractivity contribution in [2.75, 3.05) is 6.26 Å². The van der Waals surface area contributed by atoms with Gasteiger partial charge in [-0.2, -0.15) is 5.10 Å². The van der Waals surface area contributed by atoms with Crippen LogP contribution in [-0.2, 0) is 27.6 Å². The topological polar surface area (TPSA) is 81.9 Å². The van der Waals surface area contributed by atoms with Crippen molar-refractivity contribution in [1.82, 2.24) is 14.8 Å². The van der Waals surface area contributed by atoms with Crippen LogP contribution < -0.4 is 0 Å². The summed E-state index contributed by atoms with van der Waals surface area (Å²) in [6.45, 7) is 4.07. The second-order valence-electron chi connectivity index (χ2n) is 4.01. The Hall–Kier alpha value is -1.24. The second kappa shape index (κ2) is 5.39. The summed E-state index contributed by atoms with van der Waals surface area (Å²) in [5.74, 6) is 0.171.